The van der Waals surface area contributed by atoms with Gasteiger partial charge in [0.1, 0.15) is 17.2 Å². The summed E-state index contributed by atoms with van der Waals surface area (Å²) < 4.78 is 15.7. The SMILES string of the molecule is COc1ccc(C(=O)N2CCc3ccc(CNC(=O)Nc4cc(OC)ccc4OC)cc32)cc1. The van der Waals surface area contributed by atoms with Crippen LogP contribution in [0.4, 0.5) is 16.2 Å². The van der Waals surface area contributed by atoms with Crippen LogP contribution in [0.2, 0.25) is 0 Å². The molecule has 0 saturated heterocycles. The molecule has 34 heavy (non-hydrogen) atoms. The van der Waals surface area contributed by atoms with E-state index in [2.05, 4.69) is 10.6 Å². The van der Waals surface area contributed by atoms with E-state index in [1.54, 1.807) is 61.6 Å². The van der Waals surface area contributed by atoms with E-state index < -0.39 is 0 Å². The number of carbonyl (C=O) groups excluding carboxylic acids is 2. The first-order chi connectivity index (χ1) is 16.5. The molecular formula is C26H27N3O5. The predicted octanol–water partition coefficient (Wildman–Crippen LogP) is 4.24. The molecule has 3 aromatic rings. The lowest BCUT2D eigenvalue weighted by atomic mass is 10.1. The Morgan fingerprint density at radius 3 is 2.32 bits per heavy atom. The van der Waals surface area contributed by atoms with Crippen LogP contribution in [0.25, 0.3) is 0 Å². The van der Waals surface area contributed by atoms with Crippen LogP contribution in [-0.4, -0.2) is 39.8 Å². The molecule has 1 aliphatic heterocycles. The van der Waals surface area contributed by atoms with Gasteiger partial charge in [-0.25, -0.2) is 4.79 Å². The Bertz CT molecular complexity index is 1190. The van der Waals surface area contributed by atoms with Crippen molar-refractivity contribution in [2.75, 3.05) is 38.1 Å². The van der Waals surface area contributed by atoms with Crippen LogP contribution in [0.15, 0.2) is 60.7 Å². The molecule has 1 heterocycles. The molecular weight excluding hydrogens is 434 g/mol. The lowest BCUT2D eigenvalue weighted by Crippen LogP contribution is -2.29. The smallest absolute Gasteiger partial charge is 0.319 e. The highest BCUT2D eigenvalue weighted by Crippen LogP contribution is 2.31. The minimum absolute atomic E-state index is 0.0608. The van der Waals surface area contributed by atoms with Crippen LogP contribution in [0.3, 0.4) is 0 Å². The summed E-state index contributed by atoms with van der Waals surface area (Å²) >= 11 is 0. The fourth-order valence-electron chi connectivity index (χ4n) is 3.90. The fourth-order valence-corrected chi connectivity index (χ4v) is 3.90. The molecule has 2 N–H and O–H groups in total. The molecule has 0 radical (unpaired) electrons. The molecule has 3 aromatic carbocycles. The average molecular weight is 462 g/mol. The molecule has 0 fully saturated rings. The molecule has 0 spiro atoms. The van der Waals surface area contributed by atoms with Gasteiger partial charge in [0.15, 0.2) is 0 Å². The second-order valence-electron chi connectivity index (χ2n) is 7.77. The van der Waals surface area contributed by atoms with E-state index in [0.29, 0.717) is 41.6 Å². The lowest BCUT2D eigenvalue weighted by Gasteiger charge is -2.18. The molecule has 8 nitrogen and oxygen atoms in total. The highest BCUT2D eigenvalue weighted by molar-refractivity contribution is 6.07. The molecule has 8 heteroatoms. The fraction of sp³-hybridized carbons (Fsp3) is 0.231. The van der Waals surface area contributed by atoms with Crippen LogP contribution < -0.4 is 29.7 Å². The standard InChI is InChI=1S/C26H27N3O5/c1-32-20-8-6-19(7-9-20)25(30)29-13-12-18-5-4-17(14-23(18)29)16-27-26(31)28-22-15-21(33-2)10-11-24(22)34-3/h4-11,14-15H,12-13,16H2,1-3H3,(H2,27,28,31). The maximum Gasteiger partial charge on any atom is 0.319 e. The quantitative estimate of drug-likeness (QED) is 0.550. The third-order valence-electron chi connectivity index (χ3n) is 5.74. The monoisotopic (exact) mass is 461 g/mol. The van der Waals surface area contributed by atoms with Crippen LogP contribution in [0, 0.1) is 0 Å². The Labute approximate surface area is 198 Å². The van der Waals surface area contributed by atoms with Crippen molar-refractivity contribution in [3.63, 3.8) is 0 Å². The Morgan fingerprint density at radius 1 is 0.882 bits per heavy atom. The maximum atomic E-state index is 13.1. The van der Waals surface area contributed by atoms with E-state index in [1.165, 1.54) is 7.11 Å². The molecule has 0 saturated carbocycles. The molecule has 176 valence electrons. The van der Waals surface area contributed by atoms with Gasteiger partial charge in [-0.3, -0.25) is 4.79 Å². The van der Waals surface area contributed by atoms with Crippen LogP contribution in [0.1, 0.15) is 21.5 Å². The average Bonchev–Trinajstić information content (AvgIpc) is 3.30. The number of nitrogens with one attached hydrogen (secondary N) is 2. The zero-order chi connectivity index (χ0) is 24.1. The van der Waals surface area contributed by atoms with E-state index in [1.807, 2.05) is 18.2 Å². The van der Waals surface area contributed by atoms with Gasteiger partial charge >= 0.3 is 6.03 Å². The highest BCUT2D eigenvalue weighted by Gasteiger charge is 2.26. The number of benzene rings is 3. The summed E-state index contributed by atoms with van der Waals surface area (Å²) in [4.78, 5) is 27.4. The van der Waals surface area contributed by atoms with Gasteiger partial charge in [-0.1, -0.05) is 12.1 Å². The topological polar surface area (TPSA) is 89.1 Å². The molecule has 0 bridgehead atoms. The van der Waals surface area contributed by atoms with Crippen molar-refractivity contribution < 1.29 is 23.8 Å². The van der Waals surface area contributed by atoms with Gasteiger partial charge in [0.05, 0.1) is 27.0 Å². The number of hydrogen-bond donors (Lipinski definition) is 2. The van der Waals surface area contributed by atoms with Gasteiger partial charge in [-0.2, -0.15) is 0 Å². The van der Waals surface area contributed by atoms with Gasteiger partial charge < -0.3 is 29.7 Å². The van der Waals surface area contributed by atoms with Gasteiger partial charge in [-0.15, -0.1) is 0 Å². The third-order valence-corrected chi connectivity index (χ3v) is 5.74. The van der Waals surface area contributed by atoms with Gasteiger partial charge in [0.25, 0.3) is 5.91 Å². The van der Waals surface area contributed by atoms with E-state index in [-0.39, 0.29) is 11.9 Å². The number of amides is 3. The van der Waals surface area contributed by atoms with E-state index in [0.717, 1.165) is 23.2 Å². The third kappa shape index (κ3) is 4.91. The number of methoxy groups -OCH3 is 3. The van der Waals surface area contributed by atoms with Crippen LogP contribution >= 0.6 is 0 Å². The number of nitrogens with zero attached hydrogens (tertiary/aromatic N) is 1. The van der Waals surface area contributed by atoms with Crippen LogP contribution in [-0.2, 0) is 13.0 Å². The molecule has 1 aliphatic rings. The molecule has 4 rings (SSSR count). The summed E-state index contributed by atoms with van der Waals surface area (Å²) in [5.41, 5.74) is 3.97. The van der Waals surface area contributed by atoms with E-state index in [4.69, 9.17) is 14.2 Å². The number of urea groups is 1. The highest BCUT2D eigenvalue weighted by atomic mass is 16.5. The van der Waals surface area contributed by atoms with Crippen molar-refractivity contribution in [1.29, 1.82) is 0 Å². The minimum atomic E-state index is -0.377. The first kappa shape index (κ1) is 23.0. The zero-order valence-electron chi connectivity index (χ0n) is 19.4. The minimum Gasteiger partial charge on any atom is -0.497 e. The Balaban J connectivity index is 1.43. The number of carbonyl (C=O) groups is 2. The first-order valence-electron chi connectivity index (χ1n) is 10.9. The largest absolute Gasteiger partial charge is 0.497 e. The van der Waals surface area contributed by atoms with Crippen molar-refractivity contribution in [2.24, 2.45) is 0 Å². The zero-order valence-corrected chi connectivity index (χ0v) is 19.4. The van der Waals surface area contributed by atoms with Gasteiger partial charge in [0, 0.05) is 30.4 Å². The van der Waals surface area contributed by atoms with Crippen molar-refractivity contribution in [3.05, 3.63) is 77.4 Å². The second kappa shape index (κ2) is 10.2. The normalized spacial score (nSPS) is 12.0. The Morgan fingerprint density at radius 2 is 1.62 bits per heavy atom. The van der Waals surface area contributed by atoms with E-state index >= 15 is 0 Å². The first-order valence-corrected chi connectivity index (χ1v) is 10.9. The number of ether oxygens (including phenoxy) is 3. The van der Waals surface area contributed by atoms with Gasteiger partial charge in [-0.05, 0) is 60.0 Å². The number of fused-ring (bicyclic) bond motifs is 1. The number of anilines is 2. The molecule has 0 unspecified atom stereocenters. The summed E-state index contributed by atoms with van der Waals surface area (Å²) in [6.07, 6.45) is 0.793. The molecule has 0 atom stereocenters. The predicted molar refractivity (Wildman–Crippen MR) is 130 cm³/mol. The number of hydrogen-bond acceptors (Lipinski definition) is 5. The van der Waals surface area contributed by atoms with Crippen molar-refractivity contribution in [1.82, 2.24) is 5.32 Å². The van der Waals surface area contributed by atoms with Crippen molar-refractivity contribution in [2.45, 2.75) is 13.0 Å². The number of rotatable bonds is 7. The van der Waals surface area contributed by atoms with Crippen molar-refractivity contribution >= 4 is 23.3 Å². The molecule has 0 aromatic heterocycles. The molecule has 0 aliphatic carbocycles. The summed E-state index contributed by atoms with van der Waals surface area (Å²) in [7, 11) is 4.69. The van der Waals surface area contributed by atoms with Crippen molar-refractivity contribution in [3.8, 4) is 17.2 Å². The lowest BCUT2D eigenvalue weighted by molar-refractivity contribution is 0.0989. The molecule has 3 amide bonds. The summed E-state index contributed by atoms with van der Waals surface area (Å²) in [6, 6.07) is 17.8. The van der Waals surface area contributed by atoms with E-state index in [9.17, 15) is 9.59 Å². The summed E-state index contributed by atoms with van der Waals surface area (Å²) in [6.45, 7) is 0.920. The maximum absolute atomic E-state index is 13.1. The summed E-state index contributed by atoms with van der Waals surface area (Å²) in [5, 5.41) is 5.64. The van der Waals surface area contributed by atoms with Gasteiger partial charge in [0.2, 0.25) is 0 Å². The Hall–Kier alpha value is -4.20. The Kier molecular flexibility index (Phi) is 6.87. The summed E-state index contributed by atoms with van der Waals surface area (Å²) in [5.74, 6) is 1.78. The van der Waals surface area contributed by atoms with Crippen LogP contribution in [0.5, 0.6) is 17.2 Å². The second-order valence-corrected chi connectivity index (χ2v) is 7.77.